The first-order valence-corrected chi connectivity index (χ1v) is 15.6. The molecule has 12 heteroatoms. The van der Waals surface area contributed by atoms with E-state index in [1.807, 2.05) is 54.4 Å². The third-order valence-electron chi connectivity index (χ3n) is 8.40. The van der Waals surface area contributed by atoms with Crippen molar-refractivity contribution >= 4 is 38.2 Å². The summed E-state index contributed by atoms with van der Waals surface area (Å²) in [5.74, 6) is -1.67. The van der Waals surface area contributed by atoms with E-state index < -0.39 is 11.6 Å². The van der Waals surface area contributed by atoms with E-state index in [1.165, 1.54) is 30.6 Å². The molecular weight excluding hydrogens is 610 g/mol. The number of methoxy groups -OCH3 is 1. The molecule has 1 aliphatic heterocycles. The molecule has 0 fully saturated rings. The Hall–Kier alpha value is -4.94. The molecule has 2 aromatic carbocycles. The van der Waals surface area contributed by atoms with Gasteiger partial charge in [0.25, 0.3) is 0 Å². The molecule has 1 aliphatic rings. The lowest BCUT2D eigenvalue weighted by Gasteiger charge is -2.33. The van der Waals surface area contributed by atoms with Crippen LogP contribution in [0.25, 0.3) is 54.8 Å². The van der Waals surface area contributed by atoms with E-state index in [9.17, 15) is 9.18 Å². The minimum Gasteiger partial charge on any atom is -0.490 e. The topological polar surface area (TPSA) is 87.3 Å². The molecular formula is C34H30F2N6O3S. The van der Waals surface area contributed by atoms with Crippen LogP contribution in [0.2, 0.25) is 0 Å². The molecule has 0 N–H and O–H groups in total. The quantitative estimate of drug-likeness (QED) is 0.135. The fourth-order valence-electron chi connectivity index (χ4n) is 6.15. The summed E-state index contributed by atoms with van der Waals surface area (Å²) in [6.45, 7) is 6.84. The summed E-state index contributed by atoms with van der Waals surface area (Å²) >= 11 is 1.43. The lowest BCUT2D eigenvalue weighted by atomic mass is 9.96. The Morgan fingerprint density at radius 1 is 1.11 bits per heavy atom. The molecule has 0 aliphatic carbocycles. The molecule has 0 saturated heterocycles. The predicted octanol–water partition coefficient (Wildman–Crippen LogP) is 6.77. The standard InChI is InChI=1S/C34H30F2N6O3S/c1-5-29(43)41-9-10-42-27(19(41)2)17-25(39-42)33-31(30-24(36)15-22(35)16-28(30)45-12-11-44-4)34-23(8-13-46-34)32(38-33)20-6-7-26-21(14-20)18-37-40(26)3/h5-8,13-19H,1,9-12H2,2-4H3. The zero-order valence-corrected chi connectivity index (χ0v) is 26.3. The van der Waals surface area contributed by atoms with E-state index in [0.29, 0.717) is 35.7 Å². The van der Waals surface area contributed by atoms with Crippen molar-refractivity contribution in [1.82, 2.24) is 29.4 Å². The van der Waals surface area contributed by atoms with Crippen molar-refractivity contribution in [2.24, 2.45) is 7.05 Å². The number of thiophene rings is 1. The highest BCUT2D eigenvalue weighted by Crippen LogP contribution is 2.47. The van der Waals surface area contributed by atoms with E-state index in [1.54, 1.807) is 15.8 Å². The van der Waals surface area contributed by atoms with Gasteiger partial charge in [-0.05, 0) is 42.6 Å². The van der Waals surface area contributed by atoms with Crippen LogP contribution in [-0.2, 0) is 23.1 Å². The summed E-state index contributed by atoms with van der Waals surface area (Å²) in [7, 11) is 3.42. The number of pyridine rings is 1. The van der Waals surface area contributed by atoms with Crippen molar-refractivity contribution < 1.29 is 23.0 Å². The molecule has 6 aromatic rings. The van der Waals surface area contributed by atoms with Gasteiger partial charge < -0.3 is 14.4 Å². The van der Waals surface area contributed by atoms with Crippen LogP contribution in [0.1, 0.15) is 18.7 Å². The molecule has 1 unspecified atom stereocenters. The zero-order chi connectivity index (χ0) is 32.1. The number of ether oxygens (including phenoxy) is 2. The molecule has 9 nitrogen and oxygen atoms in total. The molecule has 0 spiro atoms. The van der Waals surface area contributed by atoms with Gasteiger partial charge in [-0.2, -0.15) is 10.2 Å². The highest BCUT2D eigenvalue weighted by Gasteiger charge is 2.31. The normalized spacial score (nSPS) is 14.6. The number of benzene rings is 2. The first kappa shape index (κ1) is 29.8. The van der Waals surface area contributed by atoms with Crippen molar-refractivity contribution in [2.75, 3.05) is 26.9 Å². The molecule has 234 valence electrons. The lowest BCUT2D eigenvalue weighted by Crippen LogP contribution is -2.40. The summed E-state index contributed by atoms with van der Waals surface area (Å²) in [5, 5.41) is 13.0. The van der Waals surface area contributed by atoms with Gasteiger partial charge in [-0.15, -0.1) is 11.3 Å². The molecule has 1 atom stereocenters. The minimum absolute atomic E-state index is 0.0388. The fourth-order valence-corrected chi connectivity index (χ4v) is 7.10. The number of aromatic nitrogens is 5. The summed E-state index contributed by atoms with van der Waals surface area (Å²) in [5.41, 5.74) is 4.77. The lowest BCUT2D eigenvalue weighted by molar-refractivity contribution is -0.129. The maximum atomic E-state index is 16.0. The number of hydrogen-bond donors (Lipinski definition) is 0. The van der Waals surface area contributed by atoms with Crippen LogP contribution in [0.15, 0.2) is 66.7 Å². The number of aryl methyl sites for hydroxylation is 1. The smallest absolute Gasteiger partial charge is 0.246 e. The number of rotatable bonds is 8. The van der Waals surface area contributed by atoms with Gasteiger partial charge >= 0.3 is 0 Å². The van der Waals surface area contributed by atoms with Crippen LogP contribution in [-0.4, -0.2) is 62.2 Å². The van der Waals surface area contributed by atoms with Gasteiger partial charge in [0.15, 0.2) is 0 Å². The van der Waals surface area contributed by atoms with Gasteiger partial charge in [0.1, 0.15) is 35.4 Å². The van der Waals surface area contributed by atoms with Crippen LogP contribution in [0.5, 0.6) is 5.75 Å². The monoisotopic (exact) mass is 640 g/mol. The number of hydrogen-bond acceptors (Lipinski definition) is 7. The van der Waals surface area contributed by atoms with Gasteiger partial charge in [0.05, 0.1) is 47.9 Å². The maximum Gasteiger partial charge on any atom is 0.246 e. The van der Waals surface area contributed by atoms with Crippen LogP contribution in [0.3, 0.4) is 0 Å². The number of fused-ring (bicyclic) bond motifs is 3. The zero-order valence-electron chi connectivity index (χ0n) is 25.5. The van der Waals surface area contributed by atoms with Gasteiger partial charge in [0.2, 0.25) is 5.91 Å². The second kappa shape index (κ2) is 11.8. The van der Waals surface area contributed by atoms with Gasteiger partial charge in [0, 0.05) is 59.4 Å². The van der Waals surface area contributed by atoms with E-state index >= 15 is 4.39 Å². The van der Waals surface area contributed by atoms with Crippen molar-refractivity contribution in [2.45, 2.75) is 19.5 Å². The third kappa shape index (κ3) is 4.94. The Kier molecular flexibility index (Phi) is 7.61. The average Bonchev–Trinajstić information content (AvgIpc) is 3.79. The SMILES string of the molecule is C=CC(=O)N1CCn2nc(-c3nc(-c4ccc5c(cnn5C)c4)c4ccsc4c3-c3c(F)cc(F)cc3OCCOC)cc2C1C. The van der Waals surface area contributed by atoms with Gasteiger partial charge in [-0.25, -0.2) is 13.8 Å². The Morgan fingerprint density at radius 2 is 1.96 bits per heavy atom. The Bertz CT molecular complexity index is 2150. The summed E-state index contributed by atoms with van der Waals surface area (Å²) in [6, 6.07) is 11.6. The Labute approximate surface area is 267 Å². The molecule has 4 aromatic heterocycles. The predicted molar refractivity (Wildman–Crippen MR) is 174 cm³/mol. The third-order valence-corrected chi connectivity index (χ3v) is 9.33. The van der Waals surface area contributed by atoms with E-state index in [4.69, 9.17) is 19.6 Å². The molecule has 1 amide bonds. The fraction of sp³-hybridized carbons (Fsp3) is 0.235. The van der Waals surface area contributed by atoms with E-state index in [0.717, 1.165) is 38.3 Å². The molecule has 0 saturated carbocycles. The average molecular weight is 641 g/mol. The maximum absolute atomic E-state index is 16.0. The Balaban J connectivity index is 1.50. The largest absolute Gasteiger partial charge is 0.490 e. The van der Waals surface area contributed by atoms with Crippen LogP contribution < -0.4 is 4.74 Å². The van der Waals surface area contributed by atoms with E-state index in [-0.39, 0.29) is 36.5 Å². The van der Waals surface area contributed by atoms with Gasteiger partial charge in [-0.3, -0.25) is 14.2 Å². The second-order valence-electron chi connectivity index (χ2n) is 11.1. The second-order valence-corrected chi connectivity index (χ2v) is 12.0. The molecule has 0 radical (unpaired) electrons. The molecule has 7 rings (SSSR count). The molecule has 5 heterocycles. The minimum atomic E-state index is -0.783. The number of carbonyl (C=O) groups excluding carboxylic acids is 1. The van der Waals surface area contributed by atoms with Crippen LogP contribution in [0, 0.1) is 11.6 Å². The van der Waals surface area contributed by atoms with Crippen LogP contribution in [0.4, 0.5) is 8.78 Å². The van der Waals surface area contributed by atoms with Crippen LogP contribution >= 0.6 is 11.3 Å². The van der Waals surface area contributed by atoms with Crippen molar-refractivity contribution in [3.8, 4) is 39.5 Å². The first-order chi connectivity index (χ1) is 22.3. The van der Waals surface area contributed by atoms with Crippen molar-refractivity contribution in [1.29, 1.82) is 0 Å². The van der Waals surface area contributed by atoms with Crippen molar-refractivity contribution in [3.05, 3.63) is 84.0 Å². The molecule has 46 heavy (non-hydrogen) atoms. The summed E-state index contributed by atoms with van der Waals surface area (Å²) in [6.07, 6.45) is 3.11. The highest BCUT2D eigenvalue weighted by molar-refractivity contribution is 7.18. The molecule has 0 bridgehead atoms. The number of carbonyl (C=O) groups is 1. The Morgan fingerprint density at radius 3 is 2.76 bits per heavy atom. The number of halogens is 2. The van der Waals surface area contributed by atoms with Crippen molar-refractivity contribution in [3.63, 3.8) is 0 Å². The summed E-state index contributed by atoms with van der Waals surface area (Å²) < 4.78 is 46.1. The van der Waals surface area contributed by atoms with Gasteiger partial charge in [-0.1, -0.05) is 12.6 Å². The number of amides is 1. The highest BCUT2D eigenvalue weighted by atomic mass is 32.1. The number of nitrogens with zero attached hydrogens (tertiary/aromatic N) is 6. The summed E-state index contributed by atoms with van der Waals surface area (Å²) in [4.78, 5) is 19.5. The van der Waals surface area contributed by atoms with E-state index in [2.05, 4.69) is 11.7 Å². The first-order valence-electron chi connectivity index (χ1n) is 14.7.